The molecule has 0 atom stereocenters. The zero-order valence-corrected chi connectivity index (χ0v) is 10.4. The van der Waals surface area contributed by atoms with Crippen LogP contribution in [0.25, 0.3) is 0 Å². The lowest BCUT2D eigenvalue weighted by molar-refractivity contribution is -0.138. The van der Waals surface area contributed by atoms with Crippen LogP contribution in [0.3, 0.4) is 0 Å². The normalized spacial score (nSPS) is 11.6. The first-order valence-corrected chi connectivity index (χ1v) is 5.67. The largest absolute Gasteiger partial charge is 0.416 e. The second-order valence-electron chi connectivity index (χ2n) is 2.72. The van der Waals surface area contributed by atoms with Crippen molar-refractivity contribution in [2.75, 3.05) is 5.48 Å². The lowest BCUT2D eigenvalue weighted by atomic mass is 10.1. The van der Waals surface area contributed by atoms with Crippen molar-refractivity contribution in [3.8, 4) is 0 Å². The average molecular weight is 349 g/mol. The van der Waals surface area contributed by atoms with Gasteiger partial charge in [-0.05, 0) is 12.1 Å². The molecule has 0 aromatic heterocycles. The van der Waals surface area contributed by atoms with Crippen LogP contribution < -0.4 is 5.48 Å². The number of nitrogens with one attached hydrogen (secondary N) is 1. The highest BCUT2D eigenvalue weighted by Gasteiger charge is 2.34. The molecule has 0 bridgehead atoms. The standard InChI is InChI=1S/C8H6Br2F3NO/c9-3-5-6(8(11,12)13)1-4(10)2-7(5)14-15/h1-2,14-15H,3H2. The maximum absolute atomic E-state index is 12.6. The summed E-state index contributed by atoms with van der Waals surface area (Å²) in [6.45, 7) is 0. The van der Waals surface area contributed by atoms with Crippen LogP contribution in [-0.4, -0.2) is 5.21 Å². The van der Waals surface area contributed by atoms with E-state index >= 15 is 0 Å². The lowest BCUT2D eigenvalue weighted by Gasteiger charge is -2.15. The zero-order valence-electron chi connectivity index (χ0n) is 7.20. The van der Waals surface area contributed by atoms with Crippen molar-refractivity contribution in [3.05, 3.63) is 27.7 Å². The number of benzene rings is 1. The Morgan fingerprint density at radius 3 is 2.33 bits per heavy atom. The van der Waals surface area contributed by atoms with Crippen molar-refractivity contribution in [3.63, 3.8) is 0 Å². The Hall–Kier alpha value is -0.270. The quantitative estimate of drug-likeness (QED) is 0.621. The van der Waals surface area contributed by atoms with Gasteiger partial charge in [0, 0.05) is 15.4 Å². The van der Waals surface area contributed by atoms with E-state index in [0.29, 0.717) is 0 Å². The average Bonchev–Trinajstić information content (AvgIpc) is 2.15. The van der Waals surface area contributed by atoms with E-state index in [-0.39, 0.29) is 21.1 Å². The fourth-order valence-corrected chi connectivity index (χ4v) is 2.20. The molecule has 0 unspecified atom stereocenters. The molecule has 7 heteroatoms. The summed E-state index contributed by atoms with van der Waals surface area (Å²) in [6, 6.07) is 2.34. The van der Waals surface area contributed by atoms with Gasteiger partial charge < -0.3 is 0 Å². The van der Waals surface area contributed by atoms with E-state index < -0.39 is 11.7 Å². The molecule has 2 nitrogen and oxygen atoms in total. The molecule has 0 fully saturated rings. The molecule has 0 aliphatic heterocycles. The molecule has 0 radical (unpaired) electrons. The smallest absolute Gasteiger partial charge is 0.291 e. The number of alkyl halides is 4. The van der Waals surface area contributed by atoms with Crippen molar-refractivity contribution in [2.24, 2.45) is 0 Å². The minimum absolute atomic E-state index is 0.00197. The second-order valence-corrected chi connectivity index (χ2v) is 4.20. The number of hydrogen-bond donors (Lipinski definition) is 2. The molecule has 0 heterocycles. The molecule has 84 valence electrons. The first-order valence-electron chi connectivity index (χ1n) is 3.76. The Bertz CT molecular complexity index is 368. The Labute approximate surface area is 101 Å². The third kappa shape index (κ3) is 2.85. The minimum Gasteiger partial charge on any atom is -0.291 e. The van der Waals surface area contributed by atoms with E-state index in [2.05, 4.69) is 31.9 Å². The van der Waals surface area contributed by atoms with Gasteiger partial charge in [-0.3, -0.25) is 10.7 Å². The molecule has 1 rings (SSSR count). The summed E-state index contributed by atoms with van der Waals surface area (Å²) < 4.78 is 38.0. The van der Waals surface area contributed by atoms with E-state index in [4.69, 9.17) is 5.21 Å². The van der Waals surface area contributed by atoms with Crippen molar-refractivity contribution in [2.45, 2.75) is 11.5 Å². The summed E-state index contributed by atoms with van der Waals surface area (Å²) in [5, 5.41) is 8.70. The summed E-state index contributed by atoms with van der Waals surface area (Å²) >= 11 is 5.89. The summed E-state index contributed by atoms with van der Waals surface area (Å²) in [6.07, 6.45) is -4.45. The van der Waals surface area contributed by atoms with Gasteiger partial charge in [0.25, 0.3) is 0 Å². The van der Waals surface area contributed by atoms with Crippen molar-refractivity contribution >= 4 is 37.5 Å². The molecule has 2 N–H and O–H groups in total. The van der Waals surface area contributed by atoms with Crippen LogP contribution in [-0.2, 0) is 11.5 Å². The highest BCUT2D eigenvalue weighted by Crippen LogP contribution is 2.38. The van der Waals surface area contributed by atoms with E-state index in [9.17, 15) is 13.2 Å². The number of hydrogen-bond acceptors (Lipinski definition) is 2. The number of halogens is 5. The van der Waals surface area contributed by atoms with Gasteiger partial charge in [0.15, 0.2) is 0 Å². The first kappa shape index (κ1) is 12.8. The number of anilines is 1. The van der Waals surface area contributed by atoms with E-state index in [1.807, 2.05) is 0 Å². The van der Waals surface area contributed by atoms with Gasteiger partial charge in [0.2, 0.25) is 0 Å². The van der Waals surface area contributed by atoms with Gasteiger partial charge in [-0.2, -0.15) is 13.2 Å². The predicted octanol–water partition coefficient (Wildman–Crippen LogP) is 4.16. The molecule has 0 spiro atoms. The van der Waals surface area contributed by atoms with Gasteiger partial charge in [-0.15, -0.1) is 0 Å². The minimum atomic E-state index is -4.45. The van der Waals surface area contributed by atoms with E-state index in [1.54, 1.807) is 5.48 Å². The van der Waals surface area contributed by atoms with Crippen LogP contribution in [0, 0.1) is 0 Å². The van der Waals surface area contributed by atoms with Crippen molar-refractivity contribution in [1.82, 2.24) is 0 Å². The monoisotopic (exact) mass is 347 g/mol. The van der Waals surface area contributed by atoms with Crippen LogP contribution in [0.5, 0.6) is 0 Å². The fourth-order valence-electron chi connectivity index (χ4n) is 1.13. The summed E-state index contributed by atoms with van der Waals surface area (Å²) in [4.78, 5) is 0. The molecule has 0 aliphatic rings. The zero-order chi connectivity index (χ0) is 11.6. The molecular weight excluding hydrogens is 343 g/mol. The van der Waals surface area contributed by atoms with Gasteiger partial charge in [-0.25, -0.2) is 0 Å². The molecule has 1 aromatic carbocycles. The highest BCUT2D eigenvalue weighted by molar-refractivity contribution is 9.10. The van der Waals surface area contributed by atoms with Gasteiger partial charge in [0.05, 0.1) is 11.3 Å². The van der Waals surface area contributed by atoms with Crippen LogP contribution >= 0.6 is 31.9 Å². The maximum atomic E-state index is 12.6. The fraction of sp³-hybridized carbons (Fsp3) is 0.250. The van der Waals surface area contributed by atoms with Crippen molar-refractivity contribution in [1.29, 1.82) is 0 Å². The maximum Gasteiger partial charge on any atom is 0.416 e. The predicted molar refractivity (Wildman–Crippen MR) is 57.2 cm³/mol. The Morgan fingerprint density at radius 1 is 1.33 bits per heavy atom. The highest BCUT2D eigenvalue weighted by atomic mass is 79.9. The summed E-state index contributed by atoms with van der Waals surface area (Å²) in [7, 11) is 0. The third-order valence-corrected chi connectivity index (χ3v) is 2.79. The van der Waals surface area contributed by atoms with Gasteiger partial charge in [-0.1, -0.05) is 31.9 Å². The van der Waals surface area contributed by atoms with E-state index in [0.717, 1.165) is 6.07 Å². The third-order valence-electron chi connectivity index (χ3n) is 1.77. The molecule has 0 aliphatic carbocycles. The van der Waals surface area contributed by atoms with Crippen LogP contribution in [0.4, 0.5) is 18.9 Å². The first-order chi connectivity index (χ1) is 6.90. The Balaban J connectivity index is 3.42. The number of rotatable bonds is 2. The SMILES string of the molecule is ONc1cc(Br)cc(C(F)(F)F)c1CBr. The second kappa shape index (κ2) is 4.71. The molecule has 0 amide bonds. The van der Waals surface area contributed by atoms with Gasteiger partial charge in [0.1, 0.15) is 0 Å². The lowest BCUT2D eigenvalue weighted by Crippen LogP contribution is -2.10. The topological polar surface area (TPSA) is 32.3 Å². The molecular formula is C8H6Br2F3NO. The van der Waals surface area contributed by atoms with Crippen LogP contribution in [0.1, 0.15) is 11.1 Å². The molecule has 0 saturated heterocycles. The molecule has 15 heavy (non-hydrogen) atoms. The van der Waals surface area contributed by atoms with Crippen molar-refractivity contribution < 1.29 is 18.4 Å². The molecule has 0 saturated carbocycles. The Morgan fingerprint density at radius 2 is 1.93 bits per heavy atom. The summed E-state index contributed by atoms with van der Waals surface area (Å²) in [5.74, 6) is 0. The Kier molecular flexibility index (Phi) is 4.02. The van der Waals surface area contributed by atoms with Crippen LogP contribution in [0.15, 0.2) is 16.6 Å². The van der Waals surface area contributed by atoms with Crippen LogP contribution in [0.2, 0.25) is 0 Å². The van der Waals surface area contributed by atoms with E-state index in [1.165, 1.54) is 6.07 Å². The summed E-state index contributed by atoms with van der Waals surface area (Å²) in [5.41, 5.74) is 0.941. The van der Waals surface area contributed by atoms with Gasteiger partial charge >= 0.3 is 6.18 Å². The molecule has 1 aromatic rings.